The fourth-order valence-electron chi connectivity index (χ4n) is 4.33. The van der Waals surface area contributed by atoms with Gasteiger partial charge < -0.3 is 10.1 Å². The first-order chi connectivity index (χ1) is 10.0. The maximum Gasteiger partial charge on any atom is 0.326 e. The summed E-state index contributed by atoms with van der Waals surface area (Å²) in [7, 11) is 1.86. The van der Waals surface area contributed by atoms with E-state index in [0.29, 0.717) is 12.6 Å². The van der Waals surface area contributed by atoms with Crippen molar-refractivity contribution in [3.05, 3.63) is 0 Å². The molecule has 0 aromatic heterocycles. The largest absolute Gasteiger partial charge is 0.465 e. The Morgan fingerprint density at radius 3 is 2.76 bits per heavy atom. The van der Waals surface area contributed by atoms with Gasteiger partial charge >= 0.3 is 5.97 Å². The maximum atomic E-state index is 12.2. The summed E-state index contributed by atoms with van der Waals surface area (Å²) in [5, 5.41) is 3.19. The zero-order chi connectivity index (χ0) is 15.5. The van der Waals surface area contributed by atoms with Crippen molar-refractivity contribution in [2.75, 3.05) is 20.2 Å². The van der Waals surface area contributed by atoms with Gasteiger partial charge in [0.25, 0.3) is 0 Å². The normalized spacial score (nSPS) is 30.5. The molecule has 4 unspecified atom stereocenters. The Bertz CT molecular complexity index is 361. The van der Waals surface area contributed by atoms with Gasteiger partial charge in [0, 0.05) is 12.1 Å². The first-order valence-electron chi connectivity index (χ1n) is 8.63. The molecule has 0 amide bonds. The number of ether oxygens (including phenoxy) is 1. The number of piperidine rings is 1. The molecule has 4 nitrogen and oxygen atoms in total. The molecule has 4 atom stereocenters. The topological polar surface area (TPSA) is 41.6 Å². The molecule has 1 N–H and O–H groups in total. The van der Waals surface area contributed by atoms with E-state index in [-0.39, 0.29) is 5.97 Å². The van der Waals surface area contributed by atoms with Gasteiger partial charge in [0.1, 0.15) is 5.54 Å². The maximum absolute atomic E-state index is 12.2. The summed E-state index contributed by atoms with van der Waals surface area (Å²) in [6, 6.07) is 1.16. The summed E-state index contributed by atoms with van der Waals surface area (Å²) in [5.74, 6) is 0.768. The van der Waals surface area contributed by atoms with Crippen molar-refractivity contribution in [1.82, 2.24) is 10.2 Å². The van der Waals surface area contributed by atoms with E-state index in [2.05, 4.69) is 17.1 Å². The highest BCUT2D eigenvalue weighted by Gasteiger charge is 2.41. The van der Waals surface area contributed by atoms with Gasteiger partial charge in [-0.15, -0.1) is 0 Å². The number of esters is 1. The van der Waals surface area contributed by atoms with Crippen molar-refractivity contribution in [2.24, 2.45) is 5.92 Å². The number of nitrogens with one attached hydrogen (secondary N) is 1. The lowest BCUT2D eigenvalue weighted by atomic mass is 9.87. The van der Waals surface area contributed by atoms with Crippen LogP contribution in [0, 0.1) is 5.92 Å². The summed E-state index contributed by atoms with van der Waals surface area (Å²) < 4.78 is 5.25. The van der Waals surface area contributed by atoms with E-state index in [1.165, 1.54) is 38.6 Å². The molecule has 122 valence electrons. The van der Waals surface area contributed by atoms with Gasteiger partial charge in [-0.05, 0) is 72.4 Å². The van der Waals surface area contributed by atoms with Crippen LogP contribution in [0.3, 0.4) is 0 Å². The monoisotopic (exact) mass is 296 g/mol. The van der Waals surface area contributed by atoms with Gasteiger partial charge in [-0.25, -0.2) is 0 Å². The van der Waals surface area contributed by atoms with E-state index in [9.17, 15) is 4.79 Å². The second-order valence-corrected chi connectivity index (χ2v) is 6.99. The van der Waals surface area contributed by atoms with Crippen molar-refractivity contribution in [3.8, 4) is 0 Å². The number of carbonyl (C=O) groups is 1. The molecule has 0 radical (unpaired) electrons. The van der Waals surface area contributed by atoms with Crippen LogP contribution in [-0.2, 0) is 9.53 Å². The van der Waals surface area contributed by atoms with Gasteiger partial charge in [0.2, 0.25) is 0 Å². The molecule has 2 fully saturated rings. The third-order valence-corrected chi connectivity index (χ3v) is 5.58. The van der Waals surface area contributed by atoms with Crippen LogP contribution in [-0.4, -0.2) is 48.7 Å². The fraction of sp³-hybridized carbons (Fsp3) is 0.941. The fourth-order valence-corrected chi connectivity index (χ4v) is 4.33. The Hall–Kier alpha value is -0.610. The van der Waals surface area contributed by atoms with E-state index in [1.54, 1.807) is 0 Å². The average molecular weight is 296 g/mol. The molecular weight excluding hydrogens is 264 g/mol. The van der Waals surface area contributed by atoms with E-state index in [4.69, 9.17) is 4.74 Å². The number of carbonyl (C=O) groups excluding carboxylic acids is 1. The Kier molecular flexibility index (Phi) is 5.67. The van der Waals surface area contributed by atoms with Gasteiger partial charge in [-0.2, -0.15) is 0 Å². The molecule has 1 aliphatic heterocycles. The third-order valence-electron chi connectivity index (χ3n) is 5.58. The SMILES string of the molecule is CCOC(=O)C(C)(CC(C)N1CCCC2CCCC21)NC. The van der Waals surface area contributed by atoms with E-state index in [1.807, 2.05) is 20.9 Å². The minimum atomic E-state index is -0.582. The van der Waals surface area contributed by atoms with Gasteiger partial charge in [-0.3, -0.25) is 9.69 Å². The quantitative estimate of drug-likeness (QED) is 0.765. The van der Waals surface area contributed by atoms with Crippen molar-refractivity contribution in [2.45, 2.75) is 76.9 Å². The number of nitrogens with zero attached hydrogens (tertiary/aromatic N) is 1. The van der Waals surface area contributed by atoms with Crippen molar-refractivity contribution < 1.29 is 9.53 Å². The Morgan fingerprint density at radius 1 is 1.38 bits per heavy atom. The number of likely N-dealkylation sites (tertiary alicyclic amines) is 1. The lowest BCUT2D eigenvalue weighted by molar-refractivity contribution is -0.151. The van der Waals surface area contributed by atoms with Gasteiger partial charge in [0.05, 0.1) is 6.61 Å². The molecule has 2 rings (SSSR count). The molecule has 1 aliphatic carbocycles. The molecular formula is C17H32N2O2. The zero-order valence-corrected chi connectivity index (χ0v) is 14.2. The van der Waals surface area contributed by atoms with Crippen LogP contribution in [0.5, 0.6) is 0 Å². The highest BCUT2D eigenvalue weighted by Crippen LogP contribution is 2.38. The highest BCUT2D eigenvalue weighted by atomic mass is 16.5. The number of rotatable bonds is 6. The Labute approximate surface area is 129 Å². The Balaban J connectivity index is 2.01. The van der Waals surface area contributed by atoms with Crippen molar-refractivity contribution in [1.29, 1.82) is 0 Å². The van der Waals surface area contributed by atoms with Crippen LogP contribution in [0.4, 0.5) is 0 Å². The first kappa shape index (κ1) is 16.8. The number of hydrogen-bond donors (Lipinski definition) is 1. The molecule has 4 heteroatoms. The molecule has 1 heterocycles. The Morgan fingerprint density at radius 2 is 2.10 bits per heavy atom. The summed E-state index contributed by atoms with van der Waals surface area (Å²) in [4.78, 5) is 14.9. The number of likely N-dealkylation sites (N-methyl/N-ethyl adjacent to an activating group) is 1. The van der Waals surface area contributed by atoms with Crippen LogP contribution in [0.15, 0.2) is 0 Å². The standard InChI is InChI=1S/C17H32N2O2/c1-5-21-16(20)17(3,18-4)12-13(2)19-11-7-9-14-8-6-10-15(14)19/h13-15,18H,5-12H2,1-4H3. The predicted molar refractivity (Wildman–Crippen MR) is 85.2 cm³/mol. The molecule has 0 bridgehead atoms. The minimum absolute atomic E-state index is 0.126. The van der Waals surface area contributed by atoms with Crippen molar-refractivity contribution >= 4 is 5.97 Å². The number of hydrogen-bond acceptors (Lipinski definition) is 4. The van der Waals surface area contributed by atoms with Crippen LogP contribution in [0.25, 0.3) is 0 Å². The van der Waals surface area contributed by atoms with E-state index in [0.717, 1.165) is 18.4 Å². The molecule has 1 saturated heterocycles. The van der Waals surface area contributed by atoms with Gasteiger partial charge in [0.15, 0.2) is 0 Å². The predicted octanol–water partition coefficient (Wildman–Crippen LogP) is 2.57. The molecule has 0 aromatic carbocycles. The summed E-state index contributed by atoms with van der Waals surface area (Å²) >= 11 is 0. The highest BCUT2D eigenvalue weighted by molar-refractivity contribution is 5.80. The molecule has 0 aromatic rings. The zero-order valence-electron chi connectivity index (χ0n) is 14.2. The molecule has 0 spiro atoms. The summed E-state index contributed by atoms with van der Waals surface area (Å²) in [6.07, 6.45) is 7.63. The summed E-state index contributed by atoms with van der Waals surface area (Å²) in [6.45, 7) is 7.74. The van der Waals surface area contributed by atoms with E-state index < -0.39 is 5.54 Å². The lowest BCUT2D eigenvalue weighted by Gasteiger charge is -2.43. The van der Waals surface area contributed by atoms with E-state index >= 15 is 0 Å². The molecule has 21 heavy (non-hydrogen) atoms. The van der Waals surface area contributed by atoms with Gasteiger partial charge in [-0.1, -0.05) is 6.42 Å². The third kappa shape index (κ3) is 3.59. The van der Waals surface area contributed by atoms with Crippen LogP contribution < -0.4 is 5.32 Å². The molecule has 1 saturated carbocycles. The first-order valence-corrected chi connectivity index (χ1v) is 8.63. The van der Waals surface area contributed by atoms with Crippen molar-refractivity contribution in [3.63, 3.8) is 0 Å². The van der Waals surface area contributed by atoms with Crippen LogP contribution in [0.1, 0.15) is 59.3 Å². The minimum Gasteiger partial charge on any atom is -0.465 e. The van der Waals surface area contributed by atoms with Crippen LogP contribution in [0.2, 0.25) is 0 Å². The lowest BCUT2D eigenvalue weighted by Crippen LogP contribution is -2.55. The second kappa shape index (κ2) is 7.10. The summed E-state index contributed by atoms with van der Waals surface area (Å²) in [5.41, 5.74) is -0.582. The molecule has 2 aliphatic rings. The van der Waals surface area contributed by atoms with Crippen LogP contribution >= 0.6 is 0 Å². The number of fused-ring (bicyclic) bond motifs is 1. The average Bonchev–Trinajstić information content (AvgIpc) is 2.95. The smallest absolute Gasteiger partial charge is 0.326 e. The second-order valence-electron chi connectivity index (χ2n) is 6.99.